The summed E-state index contributed by atoms with van der Waals surface area (Å²) in [6.45, 7) is 0.174. The molecule has 4 atom stereocenters. The second-order valence-electron chi connectivity index (χ2n) is 7.00. The molecule has 8 nitrogen and oxygen atoms in total. The van der Waals surface area contributed by atoms with E-state index in [1.54, 1.807) is 31.4 Å². The van der Waals surface area contributed by atoms with E-state index in [1.807, 2.05) is 18.2 Å². The summed E-state index contributed by atoms with van der Waals surface area (Å²) < 4.78 is 34.3. The Labute approximate surface area is 175 Å². The van der Waals surface area contributed by atoms with Gasteiger partial charge in [-0.1, -0.05) is 6.07 Å². The zero-order chi connectivity index (χ0) is 21.1. The van der Waals surface area contributed by atoms with Crippen molar-refractivity contribution >= 4 is 12.6 Å². The molecule has 1 unspecified atom stereocenters. The fraction of sp³-hybridized carbons (Fsp3) is 0.381. The highest BCUT2D eigenvalue weighted by molar-refractivity contribution is 6.62. The van der Waals surface area contributed by atoms with Crippen LogP contribution in [0.15, 0.2) is 42.5 Å². The smallest absolute Gasteiger partial charge is 0.457 e. The number of nitrogens with zero attached hydrogens (tertiary/aromatic N) is 1. The maximum atomic E-state index is 9.52. The van der Waals surface area contributed by atoms with Crippen LogP contribution in [-0.4, -0.2) is 57.7 Å². The van der Waals surface area contributed by atoms with Crippen molar-refractivity contribution in [3.05, 3.63) is 53.6 Å². The van der Waals surface area contributed by atoms with Crippen LogP contribution in [0.25, 0.3) is 0 Å². The van der Waals surface area contributed by atoms with Crippen molar-refractivity contribution in [2.45, 2.75) is 31.2 Å². The van der Waals surface area contributed by atoms with Gasteiger partial charge in [0.25, 0.3) is 0 Å². The minimum Gasteiger partial charge on any atom is -0.457 e. The number of aliphatic hydroxyl groups is 1. The first-order valence-electron chi connectivity index (χ1n) is 9.56. The Morgan fingerprint density at radius 3 is 2.53 bits per heavy atom. The van der Waals surface area contributed by atoms with E-state index in [-0.39, 0.29) is 6.61 Å². The highest BCUT2D eigenvalue weighted by Crippen LogP contribution is 2.29. The quantitative estimate of drug-likeness (QED) is 0.682. The molecular formula is C21H22BNO7. The van der Waals surface area contributed by atoms with E-state index >= 15 is 0 Å². The first kappa shape index (κ1) is 20.8. The lowest BCUT2D eigenvalue weighted by molar-refractivity contribution is -0.150. The topological polar surface area (TPSA) is 99.4 Å². The van der Waals surface area contributed by atoms with Gasteiger partial charge >= 0.3 is 7.12 Å². The Balaban J connectivity index is 1.47. The molecule has 0 amide bonds. The molecule has 2 heterocycles. The molecule has 30 heavy (non-hydrogen) atoms. The third-order valence-corrected chi connectivity index (χ3v) is 5.21. The molecule has 0 aliphatic carbocycles. The highest BCUT2D eigenvalue weighted by atomic mass is 16.7. The molecule has 2 aliphatic rings. The molecule has 0 spiro atoms. The molecule has 0 saturated carbocycles. The Hall–Kier alpha value is -2.45. The van der Waals surface area contributed by atoms with E-state index < -0.39 is 31.7 Å². The molecule has 0 aromatic heterocycles. The van der Waals surface area contributed by atoms with Crippen molar-refractivity contribution in [2.75, 3.05) is 20.8 Å². The minimum absolute atomic E-state index is 0.198. The van der Waals surface area contributed by atoms with Gasteiger partial charge in [0, 0.05) is 14.2 Å². The number of fused-ring (bicyclic) bond motifs is 1. The van der Waals surface area contributed by atoms with Crippen LogP contribution in [0.5, 0.6) is 11.5 Å². The molecule has 1 fully saturated rings. The van der Waals surface area contributed by atoms with Crippen LogP contribution < -0.4 is 10.2 Å². The van der Waals surface area contributed by atoms with Crippen molar-refractivity contribution < 1.29 is 33.4 Å². The molecule has 4 rings (SSSR count). The normalized spacial score (nSPS) is 25.2. The summed E-state index contributed by atoms with van der Waals surface area (Å²) in [5.74, 6) is 1.31. The monoisotopic (exact) mass is 411 g/mol. The average molecular weight is 411 g/mol. The van der Waals surface area contributed by atoms with Crippen molar-refractivity contribution in [3.8, 4) is 17.6 Å². The molecule has 1 N–H and O–H groups in total. The summed E-state index contributed by atoms with van der Waals surface area (Å²) in [5, 5.41) is 18.4. The maximum absolute atomic E-state index is 9.52. The number of hydrogen-bond donors (Lipinski definition) is 1. The molecule has 1 saturated heterocycles. The van der Waals surface area contributed by atoms with Crippen LogP contribution in [0.3, 0.4) is 0 Å². The molecule has 0 radical (unpaired) electrons. The lowest BCUT2D eigenvalue weighted by Gasteiger charge is -2.24. The van der Waals surface area contributed by atoms with Crippen molar-refractivity contribution in [3.63, 3.8) is 0 Å². The van der Waals surface area contributed by atoms with Gasteiger partial charge in [0.05, 0.1) is 24.8 Å². The zero-order valence-electron chi connectivity index (χ0n) is 16.7. The zero-order valence-corrected chi connectivity index (χ0v) is 16.7. The molecule has 9 heteroatoms. The largest absolute Gasteiger partial charge is 0.494 e. The van der Waals surface area contributed by atoms with Crippen LogP contribution in [0.2, 0.25) is 0 Å². The lowest BCUT2D eigenvalue weighted by atomic mass is 9.78. The van der Waals surface area contributed by atoms with E-state index in [0.29, 0.717) is 23.7 Å². The number of methoxy groups -OCH3 is 2. The van der Waals surface area contributed by atoms with E-state index in [9.17, 15) is 5.11 Å². The predicted octanol–water partition coefficient (Wildman–Crippen LogP) is 1.34. The summed E-state index contributed by atoms with van der Waals surface area (Å²) >= 11 is 0. The number of benzene rings is 2. The van der Waals surface area contributed by atoms with Gasteiger partial charge in [-0.2, -0.15) is 5.26 Å². The van der Waals surface area contributed by atoms with Crippen LogP contribution in [-0.2, 0) is 30.1 Å². The molecule has 2 aromatic carbocycles. The Bertz CT molecular complexity index is 917. The Morgan fingerprint density at radius 1 is 1.10 bits per heavy atom. The summed E-state index contributed by atoms with van der Waals surface area (Å²) in [5.41, 5.74) is 2.42. The van der Waals surface area contributed by atoms with Crippen LogP contribution in [0.4, 0.5) is 0 Å². The van der Waals surface area contributed by atoms with Gasteiger partial charge in [0.2, 0.25) is 0 Å². The second-order valence-corrected chi connectivity index (χ2v) is 7.00. The number of ether oxygens (including phenoxy) is 4. The predicted molar refractivity (Wildman–Crippen MR) is 106 cm³/mol. The van der Waals surface area contributed by atoms with Gasteiger partial charge in [-0.15, -0.1) is 0 Å². The highest BCUT2D eigenvalue weighted by Gasteiger charge is 2.48. The molecule has 156 valence electrons. The summed E-state index contributed by atoms with van der Waals surface area (Å²) in [7, 11) is 2.45. The van der Waals surface area contributed by atoms with Gasteiger partial charge in [-0.25, -0.2) is 0 Å². The van der Waals surface area contributed by atoms with Gasteiger partial charge in [-0.05, 0) is 47.4 Å². The van der Waals surface area contributed by atoms with Gasteiger partial charge in [-0.3, -0.25) is 0 Å². The number of rotatable bonds is 7. The van der Waals surface area contributed by atoms with Crippen LogP contribution in [0.1, 0.15) is 11.1 Å². The van der Waals surface area contributed by atoms with Crippen molar-refractivity contribution in [1.29, 1.82) is 5.26 Å². The maximum Gasteiger partial charge on any atom is 0.494 e. The van der Waals surface area contributed by atoms with Crippen molar-refractivity contribution in [1.82, 2.24) is 0 Å². The fourth-order valence-electron chi connectivity index (χ4n) is 3.70. The third kappa shape index (κ3) is 4.07. The van der Waals surface area contributed by atoms with E-state index in [4.69, 9.17) is 33.5 Å². The van der Waals surface area contributed by atoms with Crippen molar-refractivity contribution in [2.24, 2.45) is 0 Å². The van der Waals surface area contributed by atoms with Crippen LogP contribution >= 0.6 is 0 Å². The number of nitriles is 1. The Morgan fingerprint density at radius 2 is 1.87 bits per heavy atom. The Kier molecular flexibility index (Phi) is 6.34. The standard InChI is InChI=1S/C21H22BNO7/c1-25-19-18(11-24)29-21(26-2)20(19)30-22-17-8-7-16(9-14(17)12-27-22)28-15-5-3-13(10-23)4-6-15/h3-9,18-21,24H,11-12H2,1-2H3/t18-,19?,20+,21-/m1/s1. The minimum atomic E-state index is -0.668. The van der Waals surface area contributed by atoms with E-state index in [1.165, 1.54) is 7.11 Å². The van der Waals surface area contributed by atoms with Gasteiger partial charge in [0.1, 0.15) is 29.8 Å². The van der Waals surface area contributed by atoms with Crippen LogP contribution in [0, 0.1) is 11.3 Å². The lowest BCUT2D eigenvalue weighted by Crippen LogP contribution is -2.45. The number of aliphatic hydroxyl groups excluding tert-OH is 1. The summed E-state index contributed by atoms with van der Waals surface area (Å²) in [6.07, 6.45) is -2.23. The number of hydrogen-bond acceptors (Lipinski definition) is 8. The van der Waals surface area contributed by atoms with E-state index in [2.05, 4.69) is 6.07 Å². The molecule has 2 aliphatic heterocycles. The van der Waals surface area contributed by atoms with E-state index in [0.717, 1.165) is 11.0 Å². The molecular weight excluding hydrogens is 389 g/mol. The SMILES string of the molecule is COC1[C@@H](CO)O[C@@H](OC)[C@H]1OB1OCc2cc(Oc3ccc(C#N)cc3)ccc21. The summed E-state index contributed by atoms with van der Waals surface area (Å²) in [4.78, 5) is 0. The first-order chi connectivity index (χ1) is 14.7. The van der Waals surface area contributed by atoms with Gasteiger partial charge in [0.15, 0.2) is 6.29 Å². The summed E-state index contributed by atoms with van der Waals surface area (Å²) in [6, 6.07) is 14.6. The van der Waals surface area contributed by atoms with Gasteiger partial charge < -0.3 is 33.4 Å². The first-order valence-corrected chi connectivity index (χ1v) is 9.56. The third-order valence-electron chi connectivity index (χ3n) is 5.21. The second kappa shape index (κ2) is 9.14. The average Bonchev–Trinajstić information content (AvgIpc) is 3.34. The molecule has 2 aromatic rings. The fourth-order valence-corrected chi connectivity index (χ4v) is 3.70. The molecule has 0 bridgehead atoms.